The average molecular weight is 209 g/mol. The Hall–Kier alpha value is -0.590. The van der Waals surface area contributed by atoms with E-state index in [1.165, 1.54) is 0 Å². The Bertz CT molecular complexity index is 230. The number of rotatable bonds is 4. The van der Waals surface area contributed by atoms with Crippen LogP contribution in [0.25, 0.3) is 0 Å². The lowest BCUT2D eigenvalue weighted by Crippen LogP contribution is -2.51. The van der Waals surface area contributed by atoms with Gasteiger partial charge in [0.25, 0.3) is 0 Å². The molecule has 0 radical (unpaired) electrons. The lowest BCUT2D eigenvalue weighted by molar-refractivity contribution is 0.136. The van der Waals surface area contributed by atoms with Gasteiger partial charge in [-0.3, -0.25) is 0 Å². The Morgan fingerprint density at radius 1 is 1.53 bits per heavy atom. The Morgan fingerprint density at radius 2 is 2.27 bits per heavy atom. The lowest BCUT2D eigenvalue weighted by Gasteiger charge is -2.37. The molecule has 86 valence electrons. The second kappa shape index (κ2) is 5.48. The molecule has 1 N–H and O–H groups in total. The number of nitrogens with zero attached hydrogens (tertiary/aromatic N) is 2. The van der Waals surface area contributed by atoms with Crippen molar-refractivity contribution in [3.63, 3.8) is 0 Å². The van der Waals surface area contributed by atoms with Gasteiger partial charge < -0.3 is 10.2 Å². The van der Waals surface area contributed by atoms with Crippen LogP contribution in [-0.4, -0.2) is 37.1 Å². The van der Waals surface area contributed by atoms with E-state index in [1.807, 2.05) is 0 Å². The van der Waals surface area contributed by atoms with Crippen LogP contribution in [0.3, 0.4) is 0 Å². The van der Waals surface area contributed by atoms with Gasteiger partial charge in [0.05, 0.1) is 6.07 Å². The lowest BCUT2D eigenvalue weighted by atomic mass is 9.87. The highest BCUT2D eigenvalue weighted by Gasteiger charge is 2.24. The molecule has 0 bridgehead atoms. The molecule has 3 nitrogen and oxygen atoms in total. The summed E-state index contributed by atoms with van der Waals surface area (Å²) in [5.74, 6) is 0. The number of hydrogen-bond acceptors (Lipinski definition) is 3. The molecule has 15 heavy (non-hydrogen) atoms. The summed E-state index contributed by atoms with van der Waals surface area (Å²) in [7, 11) is 0. The molecule has 0 spiro atoms. The van der Waals surface area contributed by atoms with Crippen LogP contribution in [0.1, 0.15) is 33.6 Å². The topological polar surface area (TPSA) is 39.1 Å². The van der Waals surface area contributed by atoms with Crippen LogP contribution in [0.15, 0.2) is 0 Å². The van der Waals surface area contributed by atoms with Crippen molar-refractivity contribution in [3.8, 4) is 6.07 Å². The predicted molar refractivity (Wildman–Crippen MR) is 62.5 cm³/mol. The highest BCUT2D eigenvalue weighted by molar-refractivity contribution is 4.83. The van der Waals surface area contributed by atoms with E-state index < -0.39 is 0 Å². The van der Waals surface area contributed by atoms with Gasteiger partial charge in [-0.25, -0.2) is 0 Å². The molecule has 0 aliphatic carbocycles. The summed E-state index contributed by atoms with van der Waals surface area (Å²) in [6.07, 6.45) is 1.68. The third-order valence-electron chi connectivity index (χ3n) is 3.02. The first-order chi connectivity index (χ1) is 7.03. The normalized spacial score (nSPS) is 23.7. The number of piperazine rings is 1. The fourth-order valence-electron chi connectivity index (χ4n) is 2.23. The summed E-state index contributed by atoms with van der Waals surface area (Å²) in [4.78, 5) is 2.51. The van der Waals surface area contributed by atoms with Gasteiger partial charge in [0, 0.05) is 38.6 Å². The van der Waals surface area contributed by atoms with Crippen molar-refractivity contribution in [2.45, 2.75) is 39.7 Å². The van der Waals surface area contributed by atoms with Gasteiger partial charge in [-0.1, -0.05) is 13.8 Å². The van der Waals surface area contributed by atoms with Gasteiger partial charge in [-0.05, 0) is 18.8 Å². The Balaban J connectivity index is 2.35. The molecule has 1 atom stereocenters. The molecule has 0 saturated carbocycles. The molecule has 0 aromatic carbocycles. The summed E-state index contributed by atoms with van der Waals surface area (Å²) < 4.78 is 0. The van der Waals surface area contributed by atoms with Crippen LogP contribution >= 0.6 is 0 Å². The van der Waals surface area contributed by atoms with Gasteiger partial charge in [0.1, 0.15) is 0 Å². The van der Waals surface area contributed by atoms with Crippen molar-refractivity contribution in [2.24, 2.45) is 5.41 Å². The van der Waals surface area contributed by atoms with E-state index in [0.29, 0.717) is 12.5 Å². The number of nitrogens with one attached hydrogen (secondary N) is 1. The fourth-order valence-corrected chi connectivity index (χ4v) is 2.23. The smallest absolute Gasteiger partial charge is 0.0621 e. The van der Waals surface area contributed by atoms with Gasteiger partial charge in [0.2, 0.25) is 0 Å². The molecule has 0 aromatic heterocycles. The second-order valence-electron chi connectivity index (χ2n) is 5.41. The summed E-state index contributed by atoms with van der Waals surface area (Å²) in [5, 5.41) is 12.1. The summed E-state index contributed by atoms with van der Waals surface area (Å²) >= 11 is 0. The fraction of sp³-hybridized carbons (Fsp3) is 0.917. The molecule has 0 aromatic rings. The molecular formula is C12H23N3. The van der Waals surface area contributed by atoms with Gasteiger partial charge in [-0.2, -0.15) is 5.26 Å². The van der Waals surface area contributed by atoms with Gasteiger partial charge >= 0.3 is 0 Å². The molecular weight excluding hydrogens is 186 g/mol. The third kappa shape index (κ3) is 4.63. The zero-order valence-corrected chi connectivity index (χ0v) is 10.2. The summed E-state index contributed by atoms with van der Waals surface area (Å²) in [5.41, 5.74) is 0.271. The molecule has 0 amide bonds. The molecule has 1 aliphatic rings. The van der Waals surface area contributed by atoms with Crippen molar-refractivity contribution in [1.82, 2.24) is 10.2 Å². The van der Waals surface area contributed by atoms with Crippen molar-refractivity contribution in [1.29, 1.82) is 5.26 Å². The van der Waals surface area contributed by atoms with Crippen LogP contribution in [0, 0.1) is 16.7 Å². The first kappa shape index (κ1) is 12.5. The molecule has 1 saturated heterocycles. The first-order valence-corrected chi connectivity index (χ1v) is 5.86. The monoisotopic (exact) mass is 209 g/mol. The van der Waals surface area contributed by atoms with E-state index in [1.54, 1.807) is 0 Å². The standard InChI is InChI=1S/C12H23N3/c1-11-9-15(8-7-14-11)10-12(2,3)5-4-6-13/h11,14H,4-5,7-10H2,1-3H3. The van der Waals surface area contributed by atoms with E-state index in [4.69, 9.17) is 5.26 Å². The number of nitriles is 1. The maximum absolute atomic E-state index is 8.60. The molecule has 1 aliphatic heterocycles. The van der Waals surface area contributed by atoms with Gasteiger partial charge in [-0.15, -0.1) is 0 Å². The van der Waals surface area contributed by atoms with Crippen LogP contribution < -0.4 is 5.32 Å². The molecule has 1 rings (SSSR count). The minimum atomic E-state index is 0.271. The zero-order valence-electron chi connectivity index (χ0n) is 10.2. The summed E-state index contributed by atoms with van der Waals surface area (Å²) in [6.45, 7) is 11.2. The van der Waals surface area contributed by atoms with Crippen LogP contribution in [-0.2, 0) is 0 Å². The SMILES string of the molecule is CC1CN(CC(C)(C)CCC#N)CCN1. The van der Waals surface area contributed by atoms with Gasteiger partial charge in [0.15, 0.2) is 0 Å². The zero-order chi connectivity index (χ0) is 11.3. The summed E-state index contributed by atoms with van der Waals surface area (Å²) in [6, 6.07) is 2.84. The van der Waals surface area contributed by atoms with Crippen LogP contribution in [0.4, 0.5) is 0 Å². The van der Waals surface area contributed by atoms with Crippen molar-refractivity contribution in [2.75, 3.05) is 26.2 Å². The Labute approximate surface area is 93.5 Å². The van der Waals surface area contributed by atoms with Crippen molar-refractivity contribution < 1.29 is 0 Å². The van der Waals surface area contributed by atoms with E-state index in [9.17, 15) is 0 Å². The highest BCUT2D eigenvalue weighted by atomic mass is 15.2. The Kier molecular flexibility index (Phi) is 4.56. The first-order valence-electron chi connectivity index (χ1n) is 5.86. The molecule has 1 unspecified atom stereocenters. The van der Waals surface area contributed by atoms with E-state index in [0.717, 1.165) is 32.6 Å². The predicted octanol–water partition coefficient (Wildman–Crippen LogP) is 1.61. The van der Waals surface area contributed by atoms with E-state index >= 15 is 0 Å². The maximum atomic E-state index is 8.60. The minimum absolute atomic E-state index is 0.271. The van der Waals surface area contributed by atoms with E-state index in [2.05, 4.69) is 37.1 Å². The molecule has 1 fully saturated rings. The minimum Gasteiger partial charge on any atom is -0.312 e. The third-order valence-corrected chi connectivity index (χ3v) is 3.02. The van der Waals surface area contributed by atoms with Crippen LogP contribution in [0.5, 0.6) is 0 Å². The van der Waals surface area contributed by atoms with E-state index in [-0.39, 0.29) is 5.41 Å². The molecule has 1 heterocycles. The average Bonchev–Trinajstić information content (AvgIpc) is 2.14. The highest BCUT2D eigenvalue weighted by Crippen LogP contribution is 2.23. The van der Waals surface area contributed by atoms with Crippen molar-refractivity contribution in [3.05, 3.63) is 0 Å². The van der Waals surface area contributed by atoms with Crippen LogP contribution in [0.2, 0.25) is 0 Å². The number of hydrogen-bond donors (Lipinski definition) is 1. The molecule has 3 heteroatoms. The largest absolute Gasteiger partial charge is 0.312 e. The second-order valence-corrected chi connectivity index (χ2v) is 5.41. The maximum Gasteiger partial charge on any atom is 0.0621 e. The Morgan fingerprint density at radius 3 is 2.87 bits per heavy atom. The van der Waals surface area contributed by atoms with Crippen molar-refractivity contribution >= 4 is 0 Å². The quantitative estimate of drug-likeness (QED) is 0.764.